The number of aliphatic imine (C=N–C) groups is 1. The minimum atomic E-state index is -4.39. The number of nitrogens with one attached hydrogen (secondary N) is 2. The molecule has 2 aromatic rings. The normalized spacial score (nSPS) is 11.7. The van der Waals surface area contributed by atoms with Gasteiger partial charge in [-0.05, 0) is 29.7 Å². The minimum absolute atomic E-state index is 0.0755. The standard InChI is InChI=1S/C20H25F3N4O3/c1-24-19(25-9-8-14-4-6-16(28-2)17(10-14)29-3)27-12-15-5-7-18(26-11-15)30-13-20(21,22)23/h4-7,10-11H,8-9,12-13H2,1-3H3,(H2,24,25,27). The van der Waals surface area contributed by atoms with E-state index in [1.165, 1.54) is 12.3 Å². The zero-order chi connectivity index (χ0) is 22.0. The molecule has 10 heteroatoms. The Labute approximate surface area is 173 Å². The summed E-state index contributed by atoms with van der Waals surface area (Å²) in [7, 11) is 4.83. The fraction of sp³-hybridized carbons (Fsp3) is 0.400. The molecule has 0 unspecified atom stereocenters. The van der Waals surface area contributed by atoms with E-state index in [2.05, 4.69) is 25.3 Å². The number of hydrogen-bond acceptors (Lipinski definition) is 5. The maximum Gasteiger partial charge on any atom is 0.422 e. The molecule has 0 saturated carbocycles. The van der Waals surface area contributed by atoms with Crippen LogP contribution in [0.5, 0.6) is 17.4 Å². The lowest BCUT2D eigenvalue weighted by Crippen LogP contribution is -2.37. The Morgan fingerprint density at radius 3 is 2.37 bits per heavy atom. The van der Waals surface area contributed by atoms with Crippen molar-refractivity contribution in [3.63, 3.8) is 0 Å². The van der Waals surface area contributed by atoms with Crippen molar-refractivity contribution in [1.29, 1.82) is 0 Å². The first kappa shape index (κ1) is 23.1. The third-order valence-corrected chi connectivity index (χ3v) is 4.02. The number of rotatable bonds is 9. The van der Waals surface area contributed by atoms with Crippen molar-refractivity contribution in [2.24, 2.45) is 4.99 Å². The van der Waals surface area contributed by atoms with Crippen molar-refractivity contribution >= 4 is 5.96 Å². The molecule has 1 aromatic heterocycles. The molecule has 0 fully saturated rings. The number of hydrogen-bond donors (Lipinski definition) is 2. The molecule has 0 bridgehead atoms. The van der Waals surface area contributed by atoms with Gasteiger partial charge in [0.05, 0.1) is 14.2 Å². The van der Waals surface area contributed by atoms with Crippen LogP contribution in [0.15, 0.2) is 41.5 Å². The Bertz CT molecular complexity index is 827. The first-order valence-electron chi connectivity index (χ1n) is 9.14. The zero-order valence-corrected chi connectivity index (χ0v) is 17.0. The van der Waals surface area contributed by atoms with E-state index in [4.69, 9.17) is 9.47 Å². The van der Waals surface area contributed by atoms with Gasteiger partial charge >= 0.3 is 6.18 Å². The number of alkyl halides is 3. The molecule has 2 rings (SSSR count). The SMILES string of the molecule is CN=C(NCCc1ccc(OC)c(OC)c1)NCc1ccc(OCC(F)(F)F)nc1. The smallest absolute Gasteiger partial charge is 0.422 e. The summed E-state index contributed by atoms with van der Waals surface area (Å²) in [5, 5.41) is 6.32. The Hall–Kier alpha value is -3.17. The van der Waals surface area contributed by atoms with Crippen molar-refractivity contribution in [2.75, 3.05) is 34.4 Å². The quantitative estimate of drug-likeness (QED) is 0.474. The molecule has 0 aliphatic carbocycles. The molecule has 1 aromatic carbocycles. The van der Waals surface area contributed by atoms with Gasteiger partial charge in [-0.3, -0.25) is 4.99 Å². The summed E-state index contributed by atoms with van der Waals surface area (Å²) in [6.45, 7) is -0.325. The van der Waals surface area contributed by atoms with Crippen LogP contribution < -0.4 is 24.8 Å². The number of ether oxygens (including phenoxy) is 3. The van der Waals surface area contributed by atoms with Crippen molar-refractivity contribution < 1.29 is 27.4 Å². The first-order valence-corrected chi connectivity index (χ1v) is 9.14. The monoisotopic (exact) mass is 426 g/mol. The van der Waals surface area contributed by atoms with Gasteiger partial charge in [-0.25, -0.2) is 4.98 Å². The van der Waals surface area contributed by atoms with E-state index >= 15 is 0 Å². The van der Waals surface area contributed by atoms with Gasteiger partial charge in [0.15, 0.2) is 24.1 Å². The van der Waals surface area contributed by atoms with Gasteiger partial charge in [-0.15, -0.1) is 0 Å². The molecule has 0 atom stereocenters. The van der Waals surface area contributed by atoms with Crippen LogP contribution in [0.4, 0.5) is 13.2 Å². The largest absolute Gasteiger partial charge is 0.493 e. The second-order valence-corrected chi connectivity index (χ2v) is 6.20. The molecule has 0 spiro atoms. The van der Waals surface area contributed by atoms with Crippen molar-refractivity contribution in [2.45, 2.75) is 19.1 Å². The molecule has 0 aliphatic rings. The minimum Gasteiger partial charge on any atom is -0.493 e. The van der Waals surface area contributed by atoms with Crippen LogP contribution in [0.2, 0.25) is 0 Å². The third-order valence-electron chi connectivity index (χ3n) is 4.02. The highest BCUT2D eigenvalue weighted by molar-refractivity contribution is 5.79. The van der Waals surface area contributed by atoms with E-state index in [1.54, 1.807) is 27.3 Å². The van der Waals surface area contributed by atoms with Gasteiger partial charge in [-0.1, -0.05) is 12.1 Å². The van der Waals surface area contributed by atoms with Crippen molar-refractivity contribution in [1.82, 2.24) is 15.6 Å². The second-order valence-electron chi connectivity index (χ2n) is 6.20. The maximum atomic E-state index is 12.2. The molecule has 30 heavy (non-hydrogen) atoms. The lowest BCUT2D eigenvalue weighted by Gasteiger charge is -2.13. The Morgan fingerprint density at radius 1 is 1.03 bits per heavy atom. The topological polar surface area (TPSA) is 77.0 Å². The van der Waals surface area contributed by atoms with Crippen molar-refractivity contribution in [3.8, 4) is 17.4 Å². The van der Waals surface area contributed by atoms with E-state index in [9.17, 15) is 13.2 Å². The van der Waals surface area contributed by atoms with E-state index in [0.29, 0.717) is 30.5 Å². The molecule has 0 aliphatic heterocycles. The highest BCUT2D eigenvalue weighted by Gasteiger charge is 2.28. The summed E-state index contributed by atoms with van der Waals surface area (Å²) in [6, 6.07) is 8.78. The summed E-state index contributed by atoms with van der Waals surface area (Å²) in [4.78, 5) is 8.02. The first-order chi connectivity index (χ1) is 14.3. The Kier molecular flexibility index (Phi) is 8.57. The average Bonchev–Trinajstić information content (AvgIpc) is 2.74. The number of nitrogens with zero attached hydrogens (tertiary/aromatic N) is 2. The fourth-order valence-corrected chi connectivity index (χ4v) is 2.52. The second kappa shape index (κ2) is 11.1. The van der Waals surface area contributed by atoms with Crippen LogP contribution in [0.3, 0.4) is 0 Å². The molecule has 0 amide bonds. The zero-order valence-electron chi connectivity index (χ0n) is 17.0. The molecule has 1 heterocycles. The van der Waals surface area contributed by atoms with Gasteiger partial charge in [0.25, 0.3) is 0 Å². The molecule has 164 valence electrons. The van der Waals surface area contributed by atoms with E-state index in [-0.39, 0.29) is 5.88 Å². The third kappa shape index (κ3) is 7.69. The molecule has 2 N–H and O–H groups in total. The molecule has 7 nitrogen and oxygen atoms in total. The van der Waals surface area contributed by atoms with Gasteiger partial charge in [0, 0.05) is 32.4 Å². The van der Waals surface area contributed by atoms with E-state index in [1.807, 2.05) is 18.2 Å². The van der Waals surface area contributed by atoms with Gasteiger partial charge in [0.2, 0.25) is 5.88 Å². The predicted octanol–water partition coefficient (Wildman–Crippen LogP) is 2.95. The van der Waals surface area contributed by atoms with E-state index < -0.39 is 12.8 Å². The fourth-order valence-electron chi connectivity index (χ4n) is 2.52. The number of aromatic nitrogens is 1. The highest BCUT2D eigenvalue weighted by Crippen LogP contribution is 2.27. The predicted molar refractivity (Wildman–Crippen MR) is 107 cm³/mol. The molecular weight excluding hydrogens is 401 g/mol. The lowest BCUT2D eigenvalue weighted by atomic mass is 10.1. The number of benzene rings is 1. The summed E-state index contributed by atoms with van der Waals surface area (Å²) in [5.41, 5.74) is 1.85. The Balaban J connectivity index is 1.78. The highest BCUT2D eigenvalue weighted by atomic mass is 19.4. The summed E-state index contributed by atoms with van der Waals surface area (Å²) in [6.07, 6.45) is -2.19. The summed E-state index contributed by atoms with van der Waals surface area (Å²) >= 11 is 0. The molecular formula is C20H25F3N4O3. The number of methoxy groups -OCH3 is 2. The number of guanidine groups is 1. The molecule has 0 saturated heterocycles. The van der Waals surface area contributed by atoms with Crippen LogP contribution in [0.1, 0.15) is 11.1 Å². The van der Waals surface area contributed by atoms with Gasteiger partial charge in [0.1, 0.15) is 0 Å². The van der Waals surface area contributed by atoms with Crippen LogP contribution in [-0.4, -0.2) is 51.5 Å². The van der Waals surface area contributed by atoms with Crippen molar-refractivity contribution in [3.05, 3.63) is 47.7 Å². The average molecular weight is 426 g/mol. The number of pyridine rings is 1. The lowest BCUT2D eigenvalue weighted by molar-refractivity contribution is -0.154. The van der Waals surface area contributed by atoms with Crippen LogP contribution in [-0.2, 0) is 13.0 Å². The number of halogens is 3. The van der Waals surface area contributed by atoms with E-state index in [0.717, 1.165) is 17.5 Å². The van der Waals surface area contributed by atoms with Gasteiger partial charge < -0.3 is 24.8 Å². The maximum absolute atomic E-state index is 12.2. The summed E-state index contributed by atoms with van der Waals surface area (Å²) in [5.74, 6) is 1.86. The van der Waals surface area contributed by atoms with Crippen LogP contribution in [0, 0.1) is 0 Å². The summed E-state index contributed by atoms with van der Waals surface area (Å²) < 4.78 is 51.6. The van der Waals surface area contributed by atoms with Gasteiger partial charge in [-0.2, -0.15) is 13.2 Å². The Morgan fingerprint density at radius 2 is 1.77 bits per heavy atom. The van der Waals surface area contributed by atoms with Crippen LogP contribution in [0.25, 0.3) is 0 Å². The molecule has 0 radical (unpaired) electrons. The van der Waals surface area contributed by atoms with Crippen LogP contribution >= 0.6 is 0 Å².